The SMILES string of the molecule is CCCCCCC#C[C@]1(O)CCC[C@H]1CCCc1ccco1. The van der Waals surface area contributed by atoms with E-state index in [2.05, 4.69) is 18.8 Å². The molecule has 122 valence electrons. The summed E-state index contributed by atoms with van der Waals surface area (Å²) < 4.78 is 5.37. The molecule has 22 heavy (non-hydrogen) atoms. The average molecular weight is 302 g/mol. The molecule has 2 rings (SSSR count). The Hall–Kier alpha value is -1.20. The lowest BCUT2D eigenvalue weighted by atomic mass is 9.87. The number of aliphatic hydroxyl groups is 1. The largest absolute Gasteiger partial charge is 0.469 e. The Morgan fingerprint density at radius 1 is 1.32 bits per heavy atom. The van der Waals surface area contributed by atoms with E-state index < -0.39 is 5.60 Å². The Bertz CT molecular complexity index is 466. The van der Waals surface area contributed by atoms with Crippen molar-refractivity contribution < 1.29 is 9.52 Å². The van der Waals surface area contributed by atoms with Gasteiger partial charge in [0.25, 0.3) is 0 Å². The Balaban J connectivity index is 1.74. The highest BCUT2D eigenvalue weighted by Gasteiger charge is 2.39. The summed E-state index contributed by atoms with van der Waals surface area (Å²) in [7, 11) is 0. The Labute approximate surface area is 135 Å². The van der Waals surface area contributed by atoms with Crippen LogP contribution in [0.4, 0.5) is 0 Å². The minimum absolute atomic E-state index is 0.339. The van der Waals surface area contributed by atoms with Gasteiger partial charge in [0, 0.05) is 12.8 Å². The third-order valence-corrected chi connectivity index (χ3v) is 4.80. The summed E-state index contributed by atoms with van der Waals surface area (Å²) in [4.78, 5) is 0. The topological polar surface area (TPSA) is 33.4 Å². The molecule has 0 aliphatic heterocycles. The van der Waals surface area contributed by atoms with Crippen molar-refractivity contribution in [1.29, 1.82) is 0 Å². The predicted molar refractivity (Wildman–Crippen MR) is 90.5 cm³/mol. The van der Waals surface area contributed by atoms with Crippen LogP contribution in [-0.4, -0.2) is 10.7 Å². The number of hydrogen-bond acceptors (Lipinski definition) is 2. The molecule has 2 atom stereocenters. The van der Waals surface area contributed by atoms with Crippen molar-refractivity contribution in [2.45, 2.75) is 83.2 Å². The van der Waals surface area contributed by atoms with E-state index in [1.54, 1.807) is 6.26 Å². The lowest BCUT2D eigenvalue weighted by Crippen LogP contribution is -2.31. The molecule has 0 amide bonds. The highest BCUT2D eigenvalue weighted by molar-refractivity contribution is 5.18. The average Bonchev–Trinajstić information content (AvgIpc) is 3.14. The van der Waals surface area contributed by atoms with E-state index in [1.165, 1.54) is 25.7 Å². The smallest absolute Gasteiger partial charge is 0.128 e. The fourth-order valence-corrected chi connectivity index (χ4v) is 3.44. The quantitative estimate of drug-likeness (QED) is 0.535. The molecule has 0 bridgehead atoms. The first-order chi connectivity index (χ1) is 10.7. The summed E-state index contributed by atoms with van der Waals surface area (Å²) >= 11 is 0. The molecule has 1 aromatic rings. The van der Waals surface area contributed by atoms with Crippen LogP contribution in [0.3, 0.4) is 0 Å². The molecule has 0 aromatic carbocycles. The molecule has 0 unspecified atom stereocenters. The highest BCUT2D eigenvalue weighted by atomic mass is 16.3. The molecule has 0 saturated heterocycles. The summed E-state index contributed by atoms with van der Waals surface area (Å²) in [6, 6.07) is 3.96. The second-order valence-electron chi connectivity index (χ2n) is 6.60. The molecule has 1 N–H and O–H groups in total. The monoisotopic (exact) mass is 302 g/mol. The summed E-state index contributed by atoms with van der Waals surface area (Å²) in [5.41, 5.74) is -0.728. The van der Waals surface area contributed by atoms with Crippen LogP contribution >= 0.6 is 0 Å². The zero-order valence-electron chi connectivity index (χ0n) is 13.9. The zero-order chi connectivity index (χ0) is 15.7. The van der Waals surface area contributed by atoms with Gasteiger partial charge in [0.1, 0.15) is 11.4 Å². The number of unbranched alkanes of at least 4 members (excludes halogenated alkanes) is 4. The molecule has 2 heteroatoms. The normalized spacial score (nSPS) is 24.2. The van der Waals surface area contributed by atoms with E-state index in [-0.39, 0.29) is 0 Å². The lowest BCUT2D eigenvalue weighted by molar-refractivity contribution is 0.0560. The van der Waals surface area contributed by atoms with Gasteiger partial charge in [-0.2, -0.15) is 0 Å². The van der Waals surface area contributed by atoms with Crippen LogP contribution in [-0.2, 0) is 6.42 Å². The molecule has 1 aromatic heterocycles. The first-order valence-electron chi connectivity index (χ1n) is 8.99. The molecule has 1 aliphatic carbocycles. The summed E-state index contributed by atoms with van der Waals surface area (Å²) in [5, 5.41) is 10.8. The second kappa shape index (κ2) is 9.06. The van der Waals surface area contributed by atoms with Crippen molar-refractivity contribution in [1.82, 2.24) is 0 Å². The number of hydrogen-bond donors (Lipinski definition) is 1. The first kappa shape index (κ1) is 17.2. The van der Waals surface area contributed by atoms with Crippen LogP contribution in [0.2, 0.25) is 0 Å². The number of aryl methyl sites for hydroxylation is 1. The van der Waals surface area contributed by atoms with Crippen LogP contribution < -0.4 is 0 Å². The highest BCUT2D eigenvalue weighted by Crippen LogP contribution is 2.38. The molecule has 0 spiro atoms. The Morgan fingerprint density at radius 3 is 3.00 bits per heavy atom. The van der Waals surface area contributed by atoms with Crippen molar-refractivity contribution >= 4 is 0 Å². The van der Waals surface area contributed by atoms with Gasteiger partial charge in [-0.3, -0.25) is 0 Å². The zero-order valence-corrected chi connectivity index (χ0v) is 13.9. The maximum absolute atomic E-state index is 10.8. The summed E-state index contributed by atoms with van der Waals surface area (Å²) in [5.74, 6) is 7.84. The molecule has 0 radical (unpaired) electrons. The molecular weight excluding hydrogens is 272 g/mol. The van der Waals surface area contributed by atoms with Crippen molar-refractivity contribution in [3.8, 4) is 11.8 Å². The summed E-state index contributed by atoms with van der Waals surface area (Å²) in [6.45, 7) is 2.22. The van der Waals surface area contributed by atoms with Crippen LogP contribution in [0, 0.1) is 17.8 Å². The molecule has 1 saturated carbocycles. The van der Waals surface area contributed by atoms with Gasteiger partial charge < -0.3 is 9.52 Å². The van der Waals surface area contributed by atoms with E-state index in [1.807, 2.05) is 12.1 Å². The van der Waals surface area contributed by atoms with E-state index >= 15 is 0 Å². The third-order valence-electron chi connectivity index (χ3n) is 4.80. The minimum atomic E-state index is -0.728. The fourth-order valence-electron chi connectivity index (χ4n) is 3.44. The lowest BCUT2D eigenvalue weighted by Gasteiger charge is -2.24. The first-order valence-corrected chi connectivity index (χ1v) is 8.99. The standard InChI is InChI=1S/C20H30O2/c1-2-3-4-5-6-7-15-20(21)16-9-12-18(20)11-8-13-19-14-10-17-22-19/h10,14,17-18,21H,2-6,8-9,11-13,16H2,1H3/t18-,20+/m1/s1. The van der Waals surface area contributed by atoms with E-state index in [0.29, 0.717) is 5.92 Å². The summed E-state index contributed by atoms with van der Waals surface area (Å²) in [6.07, 6.45) is 13.8. The molecule has 1 aliphatic rings. The van der Waals surface area contributed by atoms with E-state index in [4.69, 9.17) is 4.42 Å². The van der Waals surface area contributed by atoms with E-state index in [0.717, 1.165) is 50.7 Å². The fraction of sp³-hybridized carbons (Fsp3) is 0.700. The van der Waals surface area contributed by atoms with Gasteiger partial charge in [-0.1, -0.05) is 32.1 Å². The van der Waals surface area contributed by atoms with Crippen molar-refractivity contribution in [2.24, 2.45) is 5.92 Å². The van der Waals surface area contributed by atoms with Gasteiger partial charge in [0.05, 0.1) is 6.26 Å². The van der Waals surface area contributed by atoms with Gasteiger partial charge >= 0.3 is 0 Å². The van der Waals surface area contributed by atoms with Crippen molar-refractivity contribution in [3.05, 3.63) is 24.2 Å². The van der Waals surface area contributed by atoms with Crippen LogP contribution in [0.1, 0.15) is 76.9 Å². The van der Waals surface area contributed by atoms with Gasteiger partial charge in [0.2, 0.25) is 0 Å². The Morgan fingerprint density at radius 2 is 2.23 bits per heavy atom. The molecular formula is C20H30O2. The number of furan rings is 1. The van der Waals surface area contributed by atoms with Crippen molar-refractivity contribution in [2.75, 3.05) is 0 Å². The van der Waals surface area contributed by atoms with Gasteiger partial charge in [-0.15, -0.1) is 5.92 Å². The maximum Gasteiger partial charge on any atom is 0.128 e. The second-order valence-corrected chi connectivity index (χ2v) is 6.60. The predicted octanol–water partition coefficient (Wildman–Crippen LogP) is 5.11. The van der Waals surface area contributed by atoms with Crippen LogP contribution in [0.25, 0.3) is 0 Å². The van der Waals surface area contributed by atoms with Gasteiger partial charge in [-0.25, -0.2) is 0 Å². The van der Waals surface area contributed by atoms with Crippen LogP contribution in [0.15, 0.2) is 22.8 Å². The maximum atomic E-state index is 10.8. The Kier molecular flexibility index (Phi) is 7.06. The third kappa shape index (κ3) is 5.21. The van der Waals surface area contributed by atoms with Crippen molar-refractivity contribution in [3.63, 3.8) is 0 Å². The molecule has 1 fully saturated rings. The molecule has 1 heterocycles. The molecule has 2 nitrogen and oxygen atoms in total. The van der Waals surface area contributed by atoms with Crippen LogP contribution in [0.5, 0.6) is 0 Å². The van der Waals surface area contributed by atoms with Gasteiger partial charge in [-0.05, 0) is 56.6 Å². The van der Waals surface area contributed by atoms with E-state index in [9.17, 15) is 5.11 Å². The number of rotatable bonds is 8. The minimum Gasteiger partial charge on any atom is -0.469 e. The van der Waals surface area contributed by atoms with Gasteiger partial charge in [0.15, 0.2) is 0 Å².